The summed E-state index contributed by atoms with van der Waals surface area (Å²) in [6.07, 6.45) is -4.31. The number of thiophene rings is 1. The molecule has 5 nitrogen and oxygen atoms in total. The number of rotatable bonds is 4. The van der Waals surface area contributed by atoms with Gasteiger partial charge in [0.2, 0.25) is 0 Å². The van der Waals surface area contributed by atoms with Crippen LogP contribution in [0, 0.1) is 13.8 Å². The van der Waals surface area contributed by atoms with E-state index >= 15 is 0 Å². The van der Waals surface area contributed by atoms with Gasteiger partial charge in [-0.15, -0.1) is 11.3 Å². The van der Waals surface area contributed by atoms with Crippen molar-refractivity contribution in [2.24, 2.45) is 0 Å². The van der Waals surface area contributed by atoms with Gasteiger partial charge in [-0.25, -0.2) is 9.67 Å². The molecule has 1 aliphatic rings. The van der Waals surface area contributed by atoms with Gasteiger partial charge in [0.05, 0.1) is 19.3 Å². The third-order valence-electron chi connectivity index (χ3n) is 3.90. The highest BCUT2D eigenvalue weighted by Gasteiger charge is 2.32. The molecule has 1 atom stereocenters. The van der Waals surface area contributed by atoms with Crippen molar-refractivity contribution < 1.29 is 17.9 Å². The average Bonchev–Trinajstić information content (AvgIpc) is 3.06. The Hall–Kier alpha value is -1.45. The van der Waals surface area contributed by atoms with E-state index in [1.807, 2.05) is 18.5 Å². The van der Waals surface area contributed by atoms with E-state index in [0.29, 0.717) is 38.3 Å². The first-order chi connectivity index (χ1) is 11.3. The van der Waals surface area contributed by atoms with E-state index in [1.54, 1.807) is 5.38 Å². The molecule has 0 saturated carbocycles. The van der Waals surface area contributed by atoms with Crippen molar-refractivity contribution in [2.75, 3.05) is 19.7 Å². The summed E-state index contributed by atoms with van der Waals surface area (Å²) in [6, 6.07) is 1.24. The number of alkyl halides is 3. The van der Waals surface area contributed by atoms with Crippen molar-refractivity contribution in [3.05, 3.63) is 33.5 Å². The SMILES string of the molecule is Cc1nc(C)n(CC2CN(Cc3csc(C(F)(F)F)c3)CCO2)n1. The van der Waals surface area contributed by atoms with Gasteiger partial charge in [0, 0.05) is 19.6 Å². The number of hydrogen-bond donors (Lipinski definition) is 0. The van der Waals surface area contributed by atoms with E-state index in [2.05, 4.69) is 15.0 Å². The second-order valence-corrected chi connectivity index (χ2v) is 6.84. The van der Waals surface area contributed by atoms with E-state index in [4.69, 9.17) is 4.74 Å². The van der Waals surface area contributed by atoms with Crippen molar-refractivity contribution in [1.29, 1.82) is 0 Å². The topological polar surface area (TPSA) is 43.2 Å². The van der Waals surface area contributed by atoms with Gasteiger partial charge in [-0.2, -0.15) is 18.3 Å². The summed E-state index contributed by atoms with van der Waals surface area (Å²) in [4.78, 5) is 5.84. The molecule has 0 bridgehead atoms. The summed E-state index contributed by atoms with van der Waals surface area (Å²) in [5, 5.41) is 5.91. The first kappa shape index (κ1) is 17.4. The molecule has 9 heteroatoms. The molecule has 2 aromatic rings. The minimum Gasteiger partial charge on any atom is -0.374 e. The highest BCUT2D eigenvalue weighted by molar-refractivity contribution is 7.10. The average molecular weight is 360 g/mol. The zero-order valence-corrected chi connectivity index (χ0v) is 14.3. The summed E-state index contributed by atoms with van der Waals surface area (Å²) < 4.78 is 45.6. The second-order valence-electron chi connectivity index (χ2n) is 5.93. The Morgan fingerprint density at radius 1 is 1.38 bits per heavy atom. The van der Waals surface area contributed by atoms with E-state index in [-0.39, 0.29) is 6.10 Å². The third kappa shape index (κ3) is 4.14. The number of morpholine rings is 1. The Morgan fingerprint density at radius 2 is 2.17 bits per heavy atom. The summed E-state index contributed by atoms with van der Waals surface area (Å²) in [5.74, 6) is 1.55. The van der Waals surface area contributed by atoms with Gasteiger partial charge in [0.25, 0.3) is 0 Å². The predicted octanol–water partition coefficient (Wildman–Crippen LogP) is 2.88. The molecule has 132 valence electrons. The van der Waals surface area contributed by atoms with Crippen LogP contribution in [0.3, 0.4) is 0 Å². The number of nitrogens with zero attached hydrogens (tertiary/aromatic N) is 4. The Labute approximate surface area is 142 Å². The standard InChI is InChI=1S/C15H19F3N4OS/c1-10-19-11(2)22(20-10)8-13-7-21(3-4-23-13)6-12-5-14(24-9-12)15(16,17)18/h5,9,13H,3-4,6-8H2,1-2H3. The molecule has 0 spiro atoms. The summed E-state index contributed by atoms with van der Waals surface area (Å²) >= 11 is 0.748. The van der Waals surface area contributed by atoms with Crippen LogP contribution in [-0.2, 0) is 24.0 Å². The first-order valence-electron chi connectivity index (χ1n) is 7.68. The lowest BCUT2D eigenvalue weighted by Gasteiger charge is -2.32. The van der Waals surface area contributed by atoms with Crippen LogP contribution >= 0.6 is 11.3 Å². The van der Waals surface area contributed by atoms with Gasteiger partial charge < -0.3 is 4.74 Å². The van der Waals surface area contributed by atoms with Gasteiger partial charge in [0.1, 0.15) is 16.5 Å². The molecule has 0 N–H and O–H groups in total. The van der Waals surface area contributed by atoms with E-state index in [0.717, 1.165) is 23.0 Å². The molecule has 1 aliphatic heterocycles. The molecule has 24 heavy (non-hydrogen) atoms. The fourth-order valence-corrected chi connectivity index (χ4v) is 3.60. The van der Waals surface area contributed by atoms with E-state index in [1.165, 1.54) is 6.07 Å². The Kier molecular flexibility index (Phi) is 4.93. The monoisotopic (exact) mass is 360 g/mol. The molecule has 3 rings (SSSR count). The van der Waals surface area contributed by atoms with Crippen LogP contribution < -0.4 is 0 Å². The number of ether oxygens (including phenoxy) is 1. The molecular formula is C15H19F3N4OS. The van der Waals surface area contributed by atoms with Crippen LogP contribution in [0.25, 0.3) is 0 Å². The summed E-state index contributed by atoms with van der Waals surface area (Å²) in [5.41, 5.74) is 0.695. The molecule has 0 aromatic carbocycles. The molecule has 3 heterocycles. The van der Waals surface area contributed by atoms with Crippen LogP contribution in [0.4, 0.5) is 13.2 Å². The minimum atomic E-state index is -4.26. The lowest BCUT2D eigenvalue weighted by molar-refractivity contribution is -0.134. The molecule has 1 saturated heterocycles. The van der Waals surface area contributed by atoms with Crippen LogP contribution in [0.15, 0.2) is 11.4 Å². The van der Waals surface area contributed by atoms with Crippen molar-refractivity contribution in [3.8, 4) is 0 Å². The minimum absolute atomic E-state index is 0.0423. The fraction of sp³-hybridized carbons (Fsp3) is 0.600. The highest BCUT2D eigenvalue weighted by atomic mass is 32.1. The van der Waals surface area contributed by atoms with Gasteiger partial charge in [-0.1, -0.05) is 0 Å². The van der Waals surface area contributed by atoms with Crippen LogP contribution in [0.5, 0.6) is 0 Å². The molecule has 1 fully saturated rings. The summed E-state index contributed by atoms with van der Waals surface area (Å²) in [7, 11) is 0. The van der Waals surface area contributed by atoms with Crippen molar-refractivity contribution in [2.45, 2.75) is 39.2 Å². The highest BCUT2D eigenvalue weighted by Crippen LogP contribution is 2.34. The summed E-state index contributed by atoms with van der Waals surface area (Å²) in [6.45, 7) is 6.77. The van der Waals surface area contributed by atoms with Gasteiger partial charge in [-0.05, 0) is 30.9 Å². The number of hydrogen-bond acceptors (Lipinski definition) is 5. The largest absolute Gasteiger partial charge is 0.425 e. The van der Waals surface area contributed by atoms with Crippen molar-refractivity contribution in [3.63, 3.8) is 0 Å². The first-order valence-corrected chi connectivity index (χ1v) is 8.56. The molecule has 0 aliphatic carbocycles. The predicted molar refractivity (Wildman–Crippen MR) is 83.8 cm³/mol. The van der Waals surface area contributed by atoms with Gasteiger partial charge >= 0.3 is 6.18 Å². The molecule has 2 aromatic heterocycles. The van der Waals surface area contributed by atoms with Crippen molar-refractivity contribution in [1.82, 2.24) is 19.7 Å². The zero-order valence-electron chi connectivity index (χ0n) is 13.5. The lowest BCUT2D eigenvalue weighted by atomic mass is 10.2. The van der Waals surface area contributed by atoms with Crippen LogP contribution in [0.1, 0.15) is 22.1 Å². The quantitative estimate of drug-likeness (QED) is 0.841. The molecule has 0 amide bonds. The van der Waals surface area contributed by atoms with Gasteiger partial charge in [0.15, 0.2) is 0 Å². The molecule has 1 unspecified atom stereocenters. The van der Waals surface area contributed by atoms with Gasteiger partial charge in [-0.3, -0.25) is 4.90 Å². The van der Waals surface area contributed by atoms with Crippen LogP contribution in [0.2, 0.25) is 0 Å². The lowest BCUT2D eigenvalue weighted by Crippen LogP contribution is -2.43. The van der Waals surface area contributed by atoms with Crippen molar-refractivity contribution >= 4 is 11.3 Å². The molecule has 0 radical (unpaired) electrons. The maximum atomic E-state index is 12.7. The van der Waals surface area contributed by atoms with Crippen LogP contribution in [-0.4, -0.2) is 45.5 Å². The number of aromatic nitrogens is 3. The Balaban J connectivity index is 1.59. The third-order valence-corrected chi connectivity index (χ3v) is 4.93. The number of halogens is 3. The maximum Gasteiger partial charge on any atom is 0.425 e. The van der Waals surface area contributed by atoms with E-state index in [9.17, 15) is 13.2 Å². The second kappa shape index (κ2) is 6.81. The number of aryl methyl sites for hydroxylation is 2. The Bertz CT molecular complexity index is 697. The van der Waals surface area contributed by atoms with E-state index < -0.39 is 11.1 Å². The smallest absolute Gasteiger partial charge is 0.374 e. The normalized spacial score (nSPS) is 19.8. The maximum absolute atomic E-state index is 12.7. The fourth-order valence-electron chi connectivity index (χ4n) is 2.83. The zero-order chi connectivity index (χ0) is 17.3. The molecular weight excluding hydrogens is 341 g/mol. The Morgan fingerprint density at radius 3 is 2.79 bits per heavy atom.